The zero-order valence-corrected chi connectivity index (χ0v) is 15.9. The molecule has 27 heavy (non-hydrogen) atoms. The molecule has 0 aliphatic carbocycles. The van der Waals surface area contributed by atoms with Gasteiger partial charge in [0.15, 0.2) is 0 Å². The number of para-hydroxylation sites is 3. The van der Waals surface area contributed by atoms with Crippen LogP contribution in [0.1, 0.15) is 12.5 Å². The van der Waals surface area contributed by atoms with Crippen molar-refractivity contribution in [3.05, 3.63) is 54.1 Å². The van der Waals surface area contributed by atoms with E-state index >= 15 is 0 Å². The zero-order chi connectivity index (χ0) is 18.6. The van der Waals surface area contributed by atoms with Crippen LogP contribution in [0.2, 0.25) is 0 Å². The molecule has 2 heterocycles. The molecule has 142 valence electrons. The summed E-state index contributed by atoms with van der Waals surface area (Å²) < 4.78 is 5.79. The van der Waals surface area contributed by atoms with Gasteiger partial charge >= 0.3 is 0 Å². The highest BCUT2D eigenvalue weighted by molar-refractivity contribution is 5.96. The summed E-state index contributed by atoms with van der Waals surface area (Å²) in [5.74, 6) is 0.768. The van der Waals surface area contributed by atoms with Gasteiger partial charge in [-0.25, -0.2) is 0 Å². The number of anilines is 2. The first-order valence-electron chi connectivity index (χ1n) is 9.82. The summed E-state index contributed by atoms with van der Waals surface area (Å²) in [6.07, 6.45) is 0.722. The van der Waals surface area contributed by atoms with Crippen molar-refractivity contribution in [2.24, 2.45) is 5.92 Å². The highest BCUT2D eigenvalue weighted by atomic mass is 16.5. The number of ether oxygens (including phenoxy) is 1. The van der Waals surface area contributed by atoms with Gasteiger partial charge in [-0.2, -0.15) is 0 Å². The summed E-state index contributed by atoms with van der Waals surface area (Å²) in [7, 11) is 0. The molecule has 0 spiro atoms. The number of hydrogen-bond donors (Lipinski definition) is 1. The van der Waals surface area contributed by atoms with Crippen LogP contribution in [0.4, 0.5) is 11.4 Å². The number of carbonyl (C=O) groups is 1. The summed E-state index contributed by atoms with van der Waals surface area (Å²) in [5.41, 5.74) is 3.11. The first-order chi connectivity index (χ1) is 13.2. The standard InChI is InChI=1S/C22H27N3O2/c1-2-24-11-13-25(14-12-24)20-9-5-4-8-19(20)23-22(26)18-15-17-7-3-6-10-21(17)27-16-18/h3-10,18H,2,11-16H2,1H3,(H,23,26). The van der Waals surface area contributed by atoms with Crippen LogP contribution >= 0.6 is 0 Å². The number of nitrogens with zero attached hydrogens (tertiary/aromatic N) is 2. The lowest BCUT2D eigenvalue weighted by molar-refractivity contribution is -0.121. The zero-order valence-electron chi connectivity index (χ0n) is 15.9. The molecule has 0 radical (unpaired) electrons. The molecule has 0 aromatic heterocycles. The topological polar surface area (TPSA) is 44.8 Å². The maximum absolute atomic E-state index is 12.9. The van der Waals surface area contributed by atoms with Crippen LogP contribution in [0.15, 0.2) is 48.5 Å². The summed E-state index contributed by atoms with van der Waals surface area (Å²) >= 11 is 0. The molecule has 1 amide bonds. The third-order valence-electron chi connectivity index (χ3n) is 5.57. The Morgan fingerprint density at radius 3 is 2.63 bits per heavy atom. The molecule has 1 fully saturated rings. The van der Waals surface area contributed by atoms with Crippen molar-refractivity contribution in [1.29, 1.82) is 0 Å². The molecule has 2 aromatic rings. The average Bonchev–Trinajstić information content (AvgIpc) is 2.74. The number of hydrogen-bond acceptors (Lipinski definition) is 4. The molecular formula is C22H27N3O2. The van der Waals surface area contributed by atoms with Crippen LogP contribution in [0.3, 0.4) is 0 Å². The Bertz CT molecular complexity index is 800. The second kappa shape index (κ2) is 8.01. The van der Waals surface area contributed by atoms with Gasteiger partial charge in [0.25, 0.3) is 0 Å². The van der Waals surface area contributed by atoms with E-state index in [-0.39, 0.29) is 11.8 Å². The molecule has 5 nitrogen and oxygen atoms in total. The summed E-state index contributed by atoms with van der Waals surface area (Å²) in [6, 6.07) is 16.1. The SMILES string of the molecule is CCN1CCN(c2ccccc2NC(=O)C2COc3ccccc3C2)CC1. The van der Waals surface area contributed by atoms with Crippen molar-refractivity contribution < 1.29 is 9.53 Å². The minimum atomic E-state index is -0.162. The number of carbonyl (C=O) groups excluding carboxylic acids is 1. The summed E-state index contributed by atoms with van der Waals surface area (Å²) in [4.78, 5) is 17.7. The van der Waals surface area contributed by atoms with Crippen LogP contribution in [0.25, 0.3) is 0 Å². The van der Waals surface area contributed by atoms with Gasteiger partial charge in [-0.15, -0.1) is 0 Å². The summed E-state index contributed by atoms with van der Waals surface area (Å²) in [5, 5.41) is 3.16. The van der Waals surface area contributed by atoms with Gasteiger partial charge in [-0.3, -0.25) is 4.79 Å². The largest absolute Gasteiger partial charge is 0.492 e. The van der Waals surface area contributed by atoms with Crippen molar-refractivity contribution in [2.45, 2.75) is 13.3 Å². The lowest BCUT2D eigenvalue weighted by atomic mass is 9.96. The fraction of sp³-hybridized carbons (Fsp3) is 0.409. The Hall–Kier alpha value is -2.53. The van der Waals surface area contributed by atoms with Crippen LogP contribution in [-0.4, -0.2) is 50.1 Å². The van der Waals surface area contributed by atoms with Crippen molar-refractivity contribution >= 4 is 17.3 Å². The summed E-state index contributed by atoms with van der Waals surface area (Å²) in [6.45, 7) is 7.82. The molecule has 2 aliphatic heterocycles. The lowest BCUT2D eigenvalue weighted by Crippen LogP contribution is -2.46. The van der Waals surface area contributed by atoms with E-state index in [0.29, 0.717) is 6.61 Å². The molecule has 1 saturated heterocycles. The van der Waals surface area contributed by atoms with Crippen molar-refractivity contribution in [1.82, 2.24) is 4.90 Å². The van der Waals surface area contributed by atoms with Gasteiger partial charge in [0.1, 0.15) is 12.4 Å². The maximum atomic E-state index is 12.9. The second-order valence-corrected chi connectivity index (χ2v) is 7.25. The number of amides is 1. The van der Waals surface area contributed by atoms with Gasteiger partial charge in [0, 0.05) is 26.2 Å². The Kier molecular flexibility index (Phi) is 5.30. The first-order valence-corrected chi connectivity index (χ1v) is 9.82. The number of benzene rings is 2. The number of piperazine rings is 1. The predicted octanol–water partition coefficient (Wildman–Crippen LogP) is 3.02. The second-order valence-electron chi connectivity index (χ2n) is 7.25. The van der Waals surface area contributed by atoms with Crippen LogP contribution < -0.4 is 15.0 Å². The number of likely N-dealkylation sites (N-methyl/N-ethyl adjacent to an activating group) is 1. The van der Waals surface area contributed by atoms with Crippen LogP contribution in [0, 0.1) is 5.92 Å². The van der Waals surface area contributed by atoms with E-state index in [9.17, 15) is 4.79 Å². The fourth-order valence-electron chi connectivity index (χ4n) is 3.89. The molecule has 4 rings (SSSR count). The molecule has 0 bridgehead atoms. The van der Waals surface area contributed by atoms with E-state index < -0.39 is 0 Å². The quantitative estimate of drug-likeness (QED) is 0.905. The molecule has 1 unspecified atom stereocenters. The number of nitrogens with one attached hydrogen (secondary N) is 1. The van der Waals surface area contributed by atoms with E-state index in [4.69, 9.17) is 4.74 Å². The maximum Gasteiger partial charge on any atom is 0.231 e. The Morgan fingerprint density at radius 2 is 1.81 bits per heavy atom. The Morgan fingerprint density at radius 1 is 1.07 bits per heavy atom. The molecule has 2 aromatic carbocycles. The smallest absolute Gasteiger partial charge is 0.231 e. The van der Waals surface area contributed by atoms with Gasteiger partial charge < -0.3 is 19.9 Å². The van der Waals surface area contributed by atoms with Gasteiger partial charge in [-0.05, 0) is 36.7 Å². The van der Waals surface area contributed by atoms with E-state index in [1.54, 1.807) is 0 Å². The predicted molar refractivity (Wildman–Crippen MR) is 109 cm³/mol. The van der Waals surface area contributed by atoms with Crippen molar-refractivity contribution in [3.63, 3.8) is 0 Å². The number of rotatable bonds is 4. The van der Waals surface area contributed by atoms with E-state index in [1.165, 1.54) is 0 Å². The van der Waals surface area contributed by atoms with Crippen molar-refractivity contribution in [2.75, 3.05) is 49.5 Å². The van der Waals surface area contributed by atoms with E-state index in [0.717, 1.165) is 61.8 Å². The van der Waals surface area contributed by atoms with Gasteiger partial charge in [0.05, 0.1) is 17.3 Å². The Balaban J connectivity index is 1.45. The van der Waals surface area contributed by atoms with Crippen LogP contribution in [-0.2, 0) is 11.2 Å². The van der Waals surface area contributed by atoms with Crippen molar-refractivity contribution in [3.8, 4) is 5.75 Å². The van der Waals surface area contributed by atoms with Crippen LogP contribution in [0.5, 0.6) is 5.75 Å². The Labute approximate surface area is 160 Å². The molecular weight excluding hydrogens is 338 g/mol. The minimum absolute atomic E-state index is 0.0316. The normalized spacial score (nSPS) is 19.9. The molecule has 5 heteroatoms. The first kappa shape index (κ1) is 17.9. The highest BCUT2D eigenvalue weighted by Gasteiger charge is 2.27. The number of fused-ring (bicyclic) bond motifs is 1. The highest BCUT2D eigenvalue weighted by Crippen LogP contribution is 2.30. The van der Waals surface area contributed by atoms with E-state index in [1.807, 2.05) is 42.5 Å². The third kappa shape index (κ3) is 3.93. The van der Waals surface area contributed by atoms with Gasteiger partial charge in [0.2, 0.25) is 5.91 Å². The average molecular weight is 365 g/mol. The van der Waals surface area contributed by atoms with Gasteiger partial charge in [-0.1, -0.05) is 37.3 Å². The molecule has 2 aliphatic rings. The monoisotopic (exact) mass is 365 g/mol. The lowest BCUT2D eigenvalue weighted by Gasteiger charge is -2.36. The molecule has 1 N–H and O–H groups in total. The minimum Gasteiger partial charge on any atom is -0.492 e. The molecule has 1 atom stereocenters. The fourth-order valence-corrected chi connectivity index (χ4v) is 3.89. The third-order valence-corrected chi connectivity index (χ3v) is 5.57. The van der Waals surface area contributed by atoms with E-state index in [2.05, 4.69) is 28.1 Å². The molecule has 0 saturated carbocycles.